The second-order valence-corrected chi connectivity index (χ2v) is 6.19. The van der Waals surface area contributed by atoms with Gasteiger partial charge < -0.3 is 5.32 Å². The molecule has 1 amide bonds. The first-order valence-corrected chi connectivity index (χ1v) is 7.94. The summed E-state index contributed by atoms with van der Waals surface area (Å²) >= 11 is 1.50. The summed E-state index contributed by atoms with van der Waals surface area (Å²) in [6.07, 6.45) is -0.0923. The van der Waals surface area contributed by atoms with Crippen LogP contribution in [0.3, 0.4) is 0 Å². The molecule has 1 heterocycles. The van der Waals surface area contributed by atoms with Gasteiger partial charge >= 0.3 is 0 Å². The molecule has 0 saturated carbocycles. The Labute approximate surface area is 136 Å². The summed E-state index contributed by atoms with van der Waals surface area (Å²) < 4.78 is 25.9. The summed E-state index contributed by atoms with van der Waals surface area (Å²) in [5, 5.41) is 5.54. The number of benzene rings is 1. The van der Waals surface area contributed by atoms with E-state index in [0.29, 0.717) is 0 Å². The van der Waals surface area contributed by atoms with Gasteiger partial charge in [0.2, 0.25) is 5.91 Å². The lowest BCUT2D eigenvalue weighted by molar-refractivity contribution is -0.121. The molecule has 1 N–H and O–H groups in total. The number of hydrogen-bond donors (Lipinski definition) is 1. The van der Waals surface area contributed by atoms with E-state index in [1.807, 2.05) is 19.2 Å². The van der Waals surface area contributed by atoms with Gasteiger partial charge in [0, 0.05) is 23.8 Å². The molecule has 0 spiro atoms. The lowest BCUT2D eigenvalue weighted by Gasteiger charge is -2.11. The third kappa shape index (κ3) is 4.66. The fourth-order valence-electron chi connectivity index (χ4n) is 2.01. The van der Waals surface area contributed by atoms with E-state index in [2.05, 4.69) is 10.3 Å². The highest BCUT2D eigenvalue weighted by Gasteiger charge is 2.15. The number of thiazole rings is 1. The van der Waals surface area contributed by atoms with Gasteiger partial charge in [-0.25, -0.2) is 13.8 Å². The Morgan fingerprint density at radius 2 is 2.00 bits per heavy atom. The molecule has 1 unspecified atom stereocenters. The van der Waals surface area contributed by atoms with Gasteiger partial charge in [-0.05, 0) is 32.0 Å². The van der Waals surface area contributed by atoms with E-state index in [1.165, 1.54) is 17.4 Å². The van der Waals surface area contributed by atoms with Crippen molar-refractivity contribution in [2.75, 3.05) is 0 Å². The van der Waals surface area contributed by atoms with Crippen LogP contribution in [0.5, 0.6) is 0 Å². The molecule has 122 valence electrons. The number of amides is 1. The summed E-state index contributed by atoms with van der Waals surface area (Å²) in [6.45, 7) is 3.69. The number of rotatable bonds is 6. The Hall–Kier alpha value is -2.15. The van der Waals surface area contributed by atoms with Crippen molar-refractivity contribution in [3.8, 4) is 0 Å². The van der Waals surface area contributed by atoms with Crippen LogP contribution in [-0.2, 0) is 4.79 Å². The van der Waals surface area contributed by atoms with Crippen molar-refractivity contribution in [1.82, 2.24) is 10.3 Å². The minimum atomic E-state index is -1.08. The molecule has 1 aromatic carbocycles. The third-order valence-corrected chi connectivity index (χ3v) is 4.07. The predicted octanol–water partition coefficient (Wildman–Crippen LogP) is 3.57. The molecule has 0 bridgehead atoms. The minimum Gasteiger partial charge on any atom is -0.348 e. The van der Waals surface area contributed by atoms with Gasteiger partial charge in [-0.15, -0.1) is 11.3 Å². The van der Waals surface area contributed by atoms with Crippen LogP contribution in [0.25, 0.3) is 0 Å². The molecule has 2 aromatic rings. The molecule has 0 aliphatic rings. The SMILES string of the molecule is Cc1nc(C(C)NC(=O)CCC(=O)c2ccc(F)c(F)c2)cs1. The summed E-state index contributed by atoms with van der Waals surface area (Å²) in [5.74, 6) is -2.78. The van der Waals surface area contributed by atoms with Gasteiger partial charge in [-0.3, -0.25) is 9.59 Å². The van der Waals surface area contributed by atoms with Crippen LogP contribution in [-0.4, -0.2) is 16.7 Å². The number of ketones is 1. The largest absolute Gasteiger partial charge is 0.348 e. The summed E-state index contributed by atoms with van der Waals surface area (Å²) in [6, 6.07) is 2.70. The number of hydrogen-bond acceptors (Lipinski definition) is 4. The van der Waals surface area contributed by atoms with Crippen molar-refractivity contribution >= 4 is 23.0 Å². The highest BCUT2D eigenvalue weighted by molar-refractivity contribution is 7.09. The number of Topliss-reactive ketones (excluding diaryl/α,β-unsaturated/α-hetero) is 1. The maximum atomic E-state index is 13.1. The topological polar surface area (TPSA) is 59.1 Å². The molecule has 2 rings (SSSR count). The molecule has 7 heteroatoms. The number of carbonyl (C=O) groups excluding carboxylic acids is 2. The van der Waals surface area contributed by atoms with Gasteiger partial charge in [0.05, 0.1) is 16.7 Å². The van der Waals surface area contributed by atoms with Gasteiger partial charge in [-0.2, -0.15) is 0 Å². The Morgan fingerprint density at radius 1 is 1.26 bits per heavy atom. The second kappa shape index (κ2) is 7.41. The first-order chi connectivity index (χ1) is 10.9. The molecule has 1 aromatic heterocycles. The number of carbonyl (C=O) groups is 2. The predicted molar refractivity (Wildman–Crippen MR) is 83.3 cm³/mol. The van der Waals surface area contributed by atoms with Crippen LogP contribution < -0.4 is 5.32 Å². The van der Waals surface area contributed by atoms with Crippen molar-refractivity contribution in [3.63, 3.8) is 0 Å². The van der Waals surface area contributed by atoms with Crippen LogP contribution >= 0.6 is 11.3 Å². The Balaban J connectivity index is 1.86. The fraction of sp³-hybridized carbons (Fsp3) is 0.312. The van der Waals surface area contributed by atoms with Crippen LogP contribution in [0.2, 0.25) is 0 Å². The number of aryl methyl sites for hydroxylation is 1. The molecule has 0 radical (unpaired) electrons. The van der Waals surface area contributed by atoms with Crippen molar-refractivity contribution in [2.24, 2.45) is 0 Å². The van der Waals surface area contributed by atoms with Gasteiger partial charge in [0.1, 0.15) is 0 Å². The van der Waals surface area contributed by atoms with Crippen molar-refractivity contribution in [1.29, 1.82) is 0 Å². The van der Waals surface area contributed by atoms with Gasteiger partial charge in [0.25, 0.3) is 0 Å². The molecule has 4 nitrogen and oxygen atoms in total. The smallest absolute Gasteiger partial charge is 0.220 e. The molecule has 1 atom stereocenters. The Morgan fingerprint density at radius 3 is 2.61 bits per heavy atom. The number of aromatic nitrogens is 1. The lowest BCUT2D eigenvalue weighted by Crippen LogP contribution is -2.27. The van der Waals surface area contributed by atoms with E-state index in [4.69, 9.17) is 0 Å². The van der Waals surface area contributed by atoms with Crippen LogP contribution in [0.4, 0.5) is 8.78 Å². The fourth-order valence-corrected chi connectivity index (χ4v) is 2.71. The zero-order chi connectivity index (χ0) is 17.0. The van der Waals surface area contributed by atoms with Crippen LogP contribution in [0.1, 0.15) is 46.9 Å². The summed E-state index contributed by atoms with van der Waals surface area (Å²) in [7, 11) is 0. The molecule has 0 saturated heterocycles. The second-order valence-electron chi connectivity index (χ2n) is 5.13. The van der Waals surface area contributed by atoms with E-state index in [-0.39, 0.29) is 30.4 Å². The van der Waals surface area contributed by atoms with Crippen LogP contribution in [0, 0.1) is 18.6 Å². The number of nitrogens with zero attached hydrogens (tertiary/aromatic N) is 1. The number of nitrogens with one attached hydrogen (secondary N) is 1. The maximum Gasteiger partial charge on any atom is 0.220 e. The van der Waals surface area contributed by atoms with E-state index in [0.717, 1.165) is 22.8 Å². The molecular weight excluding hydrogens is 322 g/mol. The summed E-state index contributed by atoms with van der Waals surface area (Å²) in [4.78, 5) is 28.0. The standard InChI is InChI=1S/C16H16F2N2O2S/c1-9(14-8-23-10(2)20-14)19-16(22)6-5-15(21)11-3-4-12(17)13(18)7-11/h3-4,7-9H,5-6H2,1-2H3,(H,19,22). The molecule has 0 aliphatic heterocycles. The Bertz CT molecular complexity index is 731. The highest BCUT2D eigenvalue weighted by Crippen LogP contribution is 2.16. The first kappa shape index (κ1) is 17.2. The quantitative estimate of drug-likeness (QED) is 0.819. The van der Waals surface area contributed by atoms with Gasteiger partial charge in [0.15, 0.2) is 17.4 Å². The highest BCUT2D eigenvalue weighted by atomic mass is 32.1. The third-order valence-electron chi connectivity index (χ3n) is 3.28. The number of halogens is 2. The van der Waals surface area contributed by atoms with E-state index < -0.39 is 17.4 Å². The zero-order valence-corrected chi connectivity index (χ0v) is 13.5. The molecule has 0 fully saturated rings. The van der Waals surface area contributed by atoms with Crippen LogP contribution in [0.15, 0.2) is 23.6 Å². The minimum absolute atomic E-state index is 0.0225. The summed E-state index contributed by atoms with van der Waals surface area (Å²) in [5.41, 5.74) is 0.827. The van der Waals surface area contributed by atoms with Crippen molar-refractivity contribution < 1.29 is 18.4 Å². The van der Waals surface area contributed by atoms with Crippen molar-refractivity contribution in [2.45, 2.75) is 32.7 Å². The van der Waals surface area contributed by atoms with E-state index in [1.54, 1.807) is 0 Å². The van der Waals surface area contributed by atoms with Crippen molar-refractivity contribution in [3.05, 3.63) is 51.5 Å². The molecule has 23 heavy (non-hydrogen) atoms. The maximum absolute atomic E-state index is 13.1. The van der Waals surface area contributed by atoms with E-state index in [9.17, 15) is 18.4 Å². The normalized spacial score (nSPS) is 12.0. The molecular formula is C16H16F2N2O2S. The van der Waals surface area contributed by atoms with E-state index >= 15 is 0 Å². The average molecular weight is 338 g/mol. The Kier molecular flexibility index (Phi) is 5.54. The first-order valence-electron chi connectivity index (χ1n) is 7.06. The lowest BCUT2D eigenvalue weighted by atomic mass is 10.1. The zero-order valence-electron chi connectivity index (χ0n) is 12.7. The van der Waals surface area contributed by atoms with Gasteiger partial charge in [-0.1, -0.05) is 0 Å². The monoisotopic (exact) mass is 338 g/mol. The molecule has 0 aliphatic carbocycles. The average Bonchev–Trinajstić information content (AvgIpc) is 2.94.